The van der Waals surface area contributed by atoms with Crippen LogP contribution in [0.2, 0.25) is 0 Å². The highest BCUT2D eigenvalue weighted by Crippen LogP contribution is 2.30. The van der Waals surface area contributed by atoms with E-state index in [1.165, 1.54) is 11.4 Å². The molecule has 30 heavy (non-hydrogen) atoms. The maximum Gasteiger partial charge on any atom is 0.243 e. The van der Waals surface area contributed by atoms with E-state index in [1.54, 1.807) is 24.3 Å². The predicted molar refractivity (Wildman–Crippen MR) is 118 cm³/mol. The van der Waals surface area contributed by atoms with E-state index in [0.717, 1.165) is 16.8 Å². The molecule has 162 valence electrons. The summed E-state index contributed by atoms with van der Waals surface area (Å²) in [7, 11) is -2.12. The highest BCUT2D eigenvalue weighted by Gasteiger charge is 2.33. The van der Waals surface area contributed by atoms with Gasteiger partial charge >= 0.3 is 0 Å². The normalized spacial score (nSPS) is 17.7. The average Bonchev–Trinajstić information content (AvgIpc) is 2.75. The van der Waals surface area contributed by atoms with Gasteiger partial charge in [0, 0.05) is 18.8 Å². The highest BCUT2D eigenvalue weighted by atomic mass is 32.2. The van der Waals surface area contributed by atoms with Crippen molar-refractivity contribution in [2.75, 3.05) is 25.5 Å². The quantitative estimate of drug-likeness (QED) is 0.746. The number of piperidine rings is 1. The molecule has 1 unspecified atom stereocenters. The fourth-order valence-electron chi connectivity index (χ4n) is 3.84. The Morgan fingerprint density at radius 2 is 1.87 bits per heavy atom. The van der Waals surface area contributed by atoms with Crippen LogP contribution in [0.3, 0.4) is 0 Å². The molecule has 6 nitrogen and oxygen atoms in total. The van der Waals surface area contributed by atoms with Gasteiger partial charge in [0.2, 0.25) is 15.9 Å². The Balaban J connectivity index is 1.77. The average molecular weight is 431 g/mol. The van der Waals surface area contributed by atoms with Crippen LogP contribution in [-0.2, 0) is 14.8 Å². The number of hydrogen-bond acceptors (Lipinski definition) is 4. The second-order valence-electron chi connectivity index (χ2n) is 8.06. The van der Waals surface area contributed by atoms with Crippen LogP contribution in [0.15, 0.2) is 47.4 Å². The molecule has 0 aromatic heterocycles. The Hall–Kier alpha value is -2.38. The first kappa shape index (κ1) is 22.3. The topological polar surface area (TPSA) is 75.7 Å². The van der Waals surface area contributed by atoms with E-state index >= 15 is 0 Å². The summed E-state index contributed by atoms with van der Waals surface area (Å²) in [5.74, 6) is 0.370. The van der Waals surface area contributed by atoms with Crippen LogP contribution < -0.4 is 10.1 Å². The highest BCUT2D eigenvalue weighted by molar-refractivity contribution is 7.89. The first-order chi connectivity index (χ1) is 14.2. The molecule has 1 saturated heterocycles. The van der Waals surface area contributed by atoms with Crippen molar-refractivity contribution < 1.29 is 17.9 Å². The van der Waals surface area contributed by atoms with Crippen LogP contribution in [0, 0.1) is 12.8 Å². The van der Waals surface area contributed by atoms with Gasteiger partial charge in [-0.3, -0.25) is 4.79 Å². The molecule has 0 spiro atoms. The lowest BCUT2D eigenvalue weighted by atomic mass is 9.95. The summed E-state index contributed by atoms with van der Waals surface area (Å²) < 4.78 is 32.7. The Bertz CT molecular complexity index is 1000. The van der Waals surface area contributed by atoms with Crippen molar-refractivity contribution in [3.63, 3.8) is 0 Å². The number of rotatable bonds is 6. The fourth-order valence-corrected chi connectivity index (χ4v) is 5.36. The maximum absolute atomic E-state index is 13.1. The number of carbonyl (C=O) groups excluding carboxylic acids is 1. The van der Waals surface area contributed by atoms with Gasteiger partial charge in [0.05, 0.1) is 17.9 Å². The number of ether oxygens (including phenoxy) is 1. The summed E-state index contributed by atoms with van der Waals surface area (Å²) in [4.78, 5) is 13.3. The van der Waals surface area contributed by atoms with Crippen molar-refractivity contribution in [1.82, 2.24) is 4.31 Å². The molecule has 7 heteroatoms. The van der Waals surface area contributed by atoms with Crippen LogP contribution in [0.25, 0.3) is 0 Å². The number of aryl methyl sites for hydroxylation is 1. The SMILES string of the molecule is COc1ccc(S(=O)(=O)N2CCCC(C(=O)Nc3c(C)cccc3C(C)C)C2)cc1. The van der Waals surface area contributed by atoms with Crippen LogP contribution in [0.5, 0.6) is 5.75 Å². The van der Waals surface area contributed by atoms with E-state index in [0.29, 0.717) is 25.1 Å². The van der Waals surface area contributed by atoms with E-state index in [-0.39, 0.29) is 29.2 Å². The fraction of sp³-hybridized carbons (Fsp3) is 0.435. The number of carbonyl (C=O) groups is 1. The van der Waals surface area contributed by atoms with Crippen LogP contribution in [-0.4, -0.2) is 38.8 Å². The van der Waals surface area contributed by atoms with Gasteiger partial charge in [-0.1, -0.05) is 32.0 Å². The molecule has 2 aromatic carbocycles. The van der Waals surface area contributed by atoms with Crippen LogP contribution in [0.1, 0.15) is 43.7 Å². The molecule has 0 bridgehead atoms. The van der Waals surface area contributed by atoms with Crippen molar-refractivity contribution in [3.8, 4) is 5.75 Å². The van der Waals surface area contributed by atoms with Gasteiger partial charge in [-0.25, -0.2) is 8.42 Å². The number of amides is 1. The van der Waals surface area contributed by atoms with E-state index in [9.17, 15) is 13.2 Å². The van der Waals surface area contributed by atoms with Crippen LogP contribution in [0.4, 0.5) is 5.69 Å². The Morgan fingerprint density at radius 1 is 1.17 bits per heavy atom. The Kier molecular flexibility index (Phi) is 6.83. The van der Waals surface area contributed by atoms with Crippen molar-refractivity contribution >= 4 is 21.6 Å². The zero-order valence-corrected chi connectivity index (χ0v) is 18.8. The minimum atomic E-state index is -3.66. The number of para-hydroxylation sites is 1. The number of benzene rings is 2. The first-order valence-corrected chi connectivity index (χ1v) is 11.7. The number of anilines is 1. The van der Waals surface area contributed by atoms with E-state index < -0.39 is 10.0 Å². The molecule has 0 saturated carbocycles. The lowest BCUT2D eigenvalue weighted by Gasteiger charge is -2.31. The summed E-state index contributed by atoms with van der Waals surface area (Å²) >= 11 is 0. The monoisotopic (exact) mass is 430 g/mol. The van der Waals surface area contributed by atoms with Gasteiger partial charge in [-0.2, -0.15) is 4.31 Å². The summed E-state index contributed by atoms with van der Waals surface area (Å²) in [6.07, 6.45) is 1.32. The first-order valence-electron chi connectivity index (χ1n) is 10.3. The van der Waals surface area contributed by atoms with E-state index in [4.69, 9.17) is 4.74 Å². The van der Waals surface area contributed by atoms with Crippen LogP contribution >= 0.6 is 0 Å². The molecule has 2 aromatic rings. The third kappa shape index (κ3) is 4.68. The molecule has 1 amide bonds. The van der Waals surface area contributed by atoms with Gasteiger partial charge in [-0.05, 0) is 61.1 Å². The summed E-state index contributed by atoms with van der Waals surface area (Å²) in [5.41, 5.74) is 2.93. The second-order valence-corrected chi connectivity index (χ2v) is 10.00. The standard InChI is InChI=1S/C23H30N2O4S/c1-16(2)21-9-5-7-17(3)22(21)24-23(26)18-8-6-14-25(15-18)30(27,28)20-12-10-19(29-4)11-13-20/h5,7,9-13,16,18H,6,8,14-15H2,1-4H3,(H,24,26). The molecule has 1 heterocycles. The molecule has 0 aliphatic carbocycles. The van der Waals surface area contributed by atoms with Gasteiger partial charge in [-0.15, -0.1) is 0 Å². The zero-order chi connectivity index (χ0) is 21.9. The predicted octanol–water partition coefficient (Wildman–Crippen LogP) is 4.17. The molecule has 1 N–H and O–H groups in total. The smallest absolute Gasteiger partial charge is 0.243 e. The van der Waals surface area contributed by atoms with Gasteiger partial charge in [0.25, 0.3) is 0 Å². The van der Waals surface area contributed by atoms with Gasteiger partial charge < -0.3 is 10.1 Å². The minimum absolute atomic E-state index is 0.124. The van der Waals surface area contributed by atoms with Crippen molar-refractivity contribution in [3.05, 3.63) is 53.6 Å². The molecular formula is C23H30N2O4S. The molecule has 0 radical (unpaired) electrons. The van der Waals surface area contributed by atoms with Crippen molar-refractivity contribution in [2.45, 2.75) is 44.4 Å². The number of hydrogen-bond donors (Lipinski definition) is 1. The van der Waals surface area contributed by atoms with E-state index in [2.05, 4.69) is 19.2 Å². The number of nitrogens with one attached hydrogen (secondary N) is 1. The second kappa shape index (κ2) is 9.18. The molecule has 1 fully saturated rings. The van der Waals surface area contributed by atoms with Gasteiger partial charge in [0.15, 0.2) is 0 Å². The molecule has 1 aliphatic rings. The summed E-state index contributed by atoms with van der Waals surface area (Å²) in [6, 6.07) is 12.3. The lowest BCUT2D eigenvalue weighted by Crippen LogP contribution is -2.43. The molecular weight excluding hydrogens is 400 g/mol. The lowest BCUT2D eigenvalue weighted by molar-refractivity contribution is -0.120. The third-order valence-electron chi connectivity index (χ3n) is 5.63. The summed E-state index contributed by atoms with van der Waals surface area (Å²) in [6.45, 7) is 6.76. The maximum atomic E-state index is 13.1. The number of sulfonamides is 1. The zero-order valence-electron chi connectivity index (χ0n) is 18.0. The molecule has 3 rings (SSSR count). The number of nitrogens with zero attached hydrogens (tertiary/aromatic N) is 1. The van der Waals surface area contributed by atoms with Crippen molar-refractivity contribution in [1.29, 1.82) is 0 Å². The minimum Gasteiger partial charge on any atom is -0.497 e. The Labute approximate surface area is 179 Å². The third-order valence-corrected chi connectivity index (χ3v) is 7.51. The Morgan fingerprint density at radius 3 is 2.50 bits per heavy atom. The largest absolute Gasteiger partial charge is 0.497 e. The molecule has 1 aliphatic heterocycles. The summed E-state index contributed by atoms with van der Waals surface area (Å²) in [5, 5.41) is 3.08. The van der Waals surface area contributed by atoms with Gasteiger partial charge in [0.1, 0.15) is 5.75 Å². The van der Waals surface area contributed by atoms with Crippen molar-refractivity contribution in [2.24, 2.45) is 5.92 Å². The number of methoxy groups -OCH3 is 1. The van der Waals surface area contributed by atoms with E-state index in [1.807, 2.05) is 25.1 Å². The molecule has 1 atom stereocenters.